The second-order valence-electron chi connectivity index (χ2n) is 5.58. The van der Waals surface area contributed by atoms with Crippen LogP contribution in [-0.4, -0.2) is 23.8 Å². The number of carboxylic acid groups (broad SMARTS) is 1. The van der Waals surface area contributed by atoms with Crippen molar-refractivity contribution in [1.29, 1.82) is 0 Å². The normalized spacial score (nSPS) is 14.2. The number of fused-ring (bicyclic) bond motifs is 1. The molecule has 2 aromatic rings. The van der Waals surface area contributed by atoms with Gasteiger partial charge in [0.1, 0.15) is 0 Å². The first-order chi connectivity index (χ1) is 11.5. The number of carbonyl (C=O) groups is 3. The number of amides is 2. The van der Waals surface area contributed by atoms with E-state index >= 15 is 0 Å². The first-order valence-corrected chi connectivity index (χ1v) is 7.49. The van der Waals surface area contributed by atoms with Crippen molar-refractivity contribution in [3.8, 4) is 0 Å². The third-order valence-electron chi connectivity index (χ3n) is 3.95. The fourth-order valence-corrected chi connectivity index (χ4v) is 2.70. The molecular formula is C18H15N2O4-. The number of hydrogen-bond donors (Lipinski definition) is 1. The fraction of sp³-hybridized carbons (Fsp3) is 0.167. The van der Waals surface area contributed by atoms with Gasteiger partial charge in [-0.1, -0.05) is 30.3 Å². The summed E-state index contributed by atoms with van der Waals surface area (Å²) in [6.45, 7) is 1.68. The van der Waals surface area contributed by atoms with Crippen LogP contribution in [0.3, 0.4) is 0 Å². The number of benzene rings is 2. The lowest BCUT2D eigenvalue weighted by Gasteiger charge is -2.16. The fourth-order valence-electron chi connectivity index (χ4n) is 2.70. The Kier molecular flexibility index (Phi) is 4.04. The van der Waals surface area contributed by atoms with Crippen molar-refractivity contribution >= 4 is 23.5 Å². The predicted molar refractivity (Wildman–Crippen MR) is 85.3 cm³/mol. The van der Waals surface area contributed by atoms with Crippen LogP contribution in [0.1, 0.15) is 33.2 Å². The van der Waals surface area contributed by atoms with Crippen molar-refractivity contribution in [3.05, 3.63) is 65.2 Å². The Morgan fingerprint density at radius 3 is 2.50 bits per heavy atom. The predicted octanol–water partition coefficient (Wildman–Crippen LogP) is 0.715. The highest BCUT2D eigenvalue weighted by atomic mass is 16.4. The Morgan fingerprint density at radius 2 is 1.83 bits per heavy atom. The van der Waals surface area contributed by atoms with Crippen LogP contribution >= 0.6 is 0 Å². The molecule has 0 unspecified atom stereocenters. The van der Waals surface area contributed by atoms with Crippen LogP contribution < -0.4 is 15.3 Å². The summed E-state index contributed by atoms with van der Waals surface area (Å²) in [6.07, 6.45) is 0. The van der Waals surface area contributed by atoms with E-state index in [9.17, 15) is 19.5 Å². The molecule has 0 radical (unpaired) electrons. The Bertz CT molecular complexity index is 817. The second kappa shape index (κ2) is 6.16. The van der Waals surface area contributed by atoms with Gasteiger partial charge in [-0.15, -0.1) is 0 Å². The number of carbonyl (C=O) groups excluding carboxylic acids is 3. The number of nitrogens with one attached hydrogen (secondary N) is 1. The molecule has 0 saturated carbocycles. The molecule has 0 aromatic heterocycles. The van der Waals surface area contributed by atoms with Gasteiger partial charge in [-0.25, -0.2) is 0 Å². The minimum Gasteiger partial charge on any atom is -0.548 e. The molecule has 0 aliphatic carbocycles. The zero-order valence-corrected chi connectivity index (χ0v) is 13.0. The average Bonchev–Trinajstić information content (AvgIpc) is 2.92. The monoisotopic (exact) mass is 323 g/mol. The van der Waals surface area contributed by atoms with Gasteiger partial charge >= 0.3 is 0 Å². The lowest BCUT2D eigenvalue weighted by atomic mass is 10.0. The molecule has 6 heteroatoms. The summed E-state index contributed by atoms with van der Waals surface area (Å²) in [5.74, 6) is -2.26. The van der Waals surface area contributed by atoms with Gasteiger partial charge in [-0.2, -0.15) is 0 Å². The third kappa shape index (κ3) is 2.74. The van der Waals surface area contributed by atoms with Crippen molar-refractivity contribution in [1.82, 2.24) is 5.32 Å². The van der Waals surface area contributed by atoms with Gasteiger partial charge in [0.15, 0.2) is 0 Å². The Labute approximate surface area is 138 Å². The lowest BCUT2D eigenvalue weighted by molar-refractivity contribution is -0.307. The first-order valence-electron chi connectivity index (χ1n) is 7.49. The van der Waals surface area contributed by atoms with Crippen molar-refractivity contribution in [2.75, 3.05) is 4.90 Å². The topological polar surface area (TPSA) is 89.5 Å². The average molecular weight is 323 g/mol. The lowest BCUT2D eigenvalue weighted by Crippen LogP contribution is -2.46. The van der Waals surface area contributed by atoms with Crippen molar-refractivity contribution in [2.45, 2.75) is 19.5 Å². The smallest absolute Gasteiger partial charge is 0.259 e. The molecule has 0 spiro atoms. The number of anilines is 1. The number of carboxylic acids is 1. The van der Waals surface area contributed by atoms with Gasteiger partial charge in [-0.05, 0) is 30.7 Å². The third-order valence-corrected chi connectivity index (χ3v) is 3.95. The highest BCUT2D eigenvalue weighted by Crippen LogP contribution is 2.30. The van der Waals surface area contributed by atoms with Gasteiger partial charge in [0.05, 0.1) is 29.7 Å². The summed E-state index contributed by atoms with van der Waals surface area (Å²) < 4.78 is 0. The van der Waals surface area contributed by atoms with Gasteiger partial charge < -0.3 is 20.1 Å². The van der Waals surface area contributed by atoms with Crippen LogP contribution in [0.2, 0.25) is 0 Å². The van der Waals surface area contributed by atoms with E-state index in [0.717, 1.165) is 11.3 Å². The number of rotatable bonds is 4. The van der Waals surface area contributed by atoms with Crippen LogP contribution in [0.25, 0.3) is 0 Å². The SMILES string of the molecule is C[C@H](NC(=O)c1cccc2c1C(=O)N(c1ccccc1)C2)C(=O)[O-]. The van der Waals surface area contributed by atoms with E-state index in [-0.39, 0.29) is 11.5 Å². The van der Waals surface area contributed by atoms with Gasteiger partial charge in [0, 0.05) is 5.69 Å². The quantitative estimate of drug-likeness (QED) is 0.897. The zero-order chi connectivity index (χ0) is 17.3. The molecule has 2 aromatic carbocycles. The molecule has 0 saturated heterocycles. The van der Waals surface area contributed by atoms with Crippen LogP contribution in [0.15, 0.2) is 48.5 Å². The van der Waals surface area contributed by atoms with Gasteiger partial charge in [0.25, 0.3) is 11.8 Å². The van der Waals surface area contributed by atoms with E-state index in [0.29, 0.717) is 12.1 Å². The summed E-state index contributed by atoms with van der Waals surface area (Å²) in [6, 6.07) is 13.0. The molecule has 0 bridgehead atoms. The molecule has 3 rings (SSSR count). The molecule has 24 heavy (non-hydrogen) atoms. The maximum atomic E-state index is 12.8. The standard InChI is InChI=1S/C18H16N2O4/c1-11(18(23)24)19-16(21)14-9-5-6-12-10-20(17(22)15(12)14)13-7-3-2-4-8-13/h2-9,11H,10H2,1H3,(H,19,21)(H,23,24)/p-1/t11-/m0/s1. The van der Waals surface area contributed by atoms with E-state index < -0.39 is 17.9 Å². The Balaban J connectivity index is 1.93. The Morgan fingerprint density at radius 1 is 1.12 bits per heavy atom. The molecular weight excluding hydrogens is 308 g/mol. The van der Waals surface area contributed by atoms with Crippen LogP contribution in [0, 0.1) is 0 Å². The summed E-state index contributed by atoms with van der Waals surface area (Å²) >= 11 is 0. The van der Waals surface area contributed by atoms with E-state index in [1.54, 1.807) is 17.0 Å². The van der Waals surface area contributed by atoms with E-state index in [1.807, 2.05) is 30.3 Å². The molecule has 2 amide bonds. The Hall–Kier alpha value is -3.15. The maximum absolute atomic E-state index is 12.8. The number of para-hydroxylation sites is 1. The highest BCUT2D eigenvalue weighted by molar-refractivity contribution is 6.16. The summed E-state index contributed by atoms with van der Waals surface area (Å²) in [7, 11) is 0. The largest absolute Gasteiger partial charge is 0.548 e. The van der Waals surface area contributed by atoms with Crippen molar-refractivity contribution < 1.29 is 19.5 Å². The molecule has 6 nitrogen and oxygen atoms in total. The van der Waals surface area contributed by atoms with E-state index in [1.165, 1.54) is 13.0 Å². The summed E-state index contributed by atoms with van der Waals surface area (Å²) in [5, 5.41) is 13.1. The maximum Gasteiger partial charge on any atom is 0.259 e. The second-order valence-corrected chi connectivity index (χ2v) is 5.58. The molecule has 122 valence electrons. The van der Waals surface area contributed by atoms with Crippen molar-refractivity contribution in [3.63, 3.8) is 0 Å². The van der Waals surface area contributed by atoms with E-state index in [2.05, 4.69) is 5.32 Å². The zero-order valence-electron chi connectivity index (χ0n) is 13.0. The molecule has 0 fully saturated rings. The summed E-state index contributed by atoms with van der Waals surface area (Å²) in [4.78, 5) is 37.5. The highest BCUT2D eigenvalue weighted by Gasteiger charge is 2.32. The summed E-state index contributed by atoms with van der Waals surface area (Å²) in [5.41, 5.74) is 1.96. The van der Waals surface area contributed by atoms with Gasteiger partial charge in [-0.3, -0.25) is 9.59 Å². The van der Waals surface area contributed by atoms with E-state index in [4.69, 9.17) is 0 Å². The number of hydrogen-bond acceptors (Lipinski definition) is 4. The molecule has 1 aliphatic heterocycles. The first kappa shape index (κ1) is 15.7. The van der Waals surface area contributed by atoms with Gasteiger partial charge in [0.2, 0.25) is 0 Å². The number of nitrogens with zero attached hydrogens (tertiary/aromatic N) is 1. The molecule has 1 N–H and O–H groups in total. The van der Waals surface area contributed by atoms with Crippen LogP contribution in [0.5, 0.6) is 0 Å². The minimum absolute atomic E-state index is 0.170. The molecule has 1 heterocycles. The minimum atomic E-state index is -1.38. The molecule has 1 aliphatic rings. The molecule has 1 atom stereocenters. The number of aliphatic carboxylic acids is 1. The van der Waals surface area contributed by atoms with Crippen LogP contribution in [-0.2, 0) is 11.3 Å². The van der Waals surface area contributed by atoms with Crippen molar-refractivity contribution in [2.24, 2.45) is 0 Å². The van der Waals surface area contributed by atoms with Crippen LogP contribution in [0.4, 0.5) is 5.69 Å².